The minimum Gasteiger partial charge on any atom is -0.491 e. The Hall–Kier alpha value is -2.16. The summed E-state index contributed by atoms with van der Waals surface area (Å²) in [5.41, 5.74) is 5.34. The molecule has 0 unspecified atom stereocenters. The van der Waals surface area contributed by atoms with E-state index in [4.69, 9.17) is 26.9 Å². The van der Waals surface area contributed by atoms with Gasteiger partial charge in [-0.1, -0.05) is 18.2 Å². The molecule has 1 rings (SSSR count). The molecule has 0 heterocycles. The lowest BCUT2D eigenvalue weighted by Crippen LogP contribution is -2.11. The van der Waals surface area contributed by atoms with Crippen molar-refractivity contribution in [3.63, 3.8) is 0 Å². The molecule has 2 radical (unpaired) electrons. The predicted molar refractivity (Wildman–Crippen MR) is 103 cm³/mol. The van der Waals surface area contributed by atoms with Crippen LogP contribution < -0.4 is 15.8 Å². The van der Waals surface area contributed by atoms with Gasteiger partial charge in [-0.2, -0.15) is 0 Å². The number of primary amides is 1. The molecule has 0 fully saturated rings. The van der Waals surface area contributed by atoms with Crippen LogP contribution in [-0.2, 0) is 19.1 Å². The molecule has 0 spiro atoms. The van der Waals surface area contributed by atoms with Crippen molar-refractivity contribution in [3.05, 3.63) is 41.9 Å². The van der Waals surface area contributed by atoms with Crippen LogP contribution in [0, 0.1) is 6.92 Å². The lowest BCUT2D eigenvalue weighted by molar-refractivity contribution is -0.112. The molecule has 0 bridgehead atoms. The van der Waals surface area contributed by atoms with Crippen molar-refractivity contribution in [1.29, 1.82) is 0 Å². The molecule has 1 aromatic rings. The van der Waals surface area contributed by atoms with Crippen molar-refractivity contribution < 1.29 is 23.8 Å². The molecular formula is C18H29BN2O5. The Kier molecular flexibility index (Phi) is 22.9. The standard InChI is InChI=1S/C13H18O4.C4H8BN.CH3NO/c1-12-3-2-4-13(11-12)17-10-9-16-8-7-15-6-5-14;1-6-4-2-3-5;2-1-3/h2-5,11H,6-10H2,1H3;2-3,6H,4H2,1H3;1H,(H2,2,3)/b;3-2+;. The zero-order chi connectivity index (χ0) is 19.9. The van der Waals surface area contributed by atoms with Gasteiger partial charge in [0.15, 0.2) is 0 Å². The monoisotopic (exact) mass is 364 g/mol. The number of nitrogens with two attached hydrogens (primary N) is 1. The highest BCUT2D eigenvalue weighted by Gasteiger charge is 1.94. The van der Waals surface area contributed by atoms with E-state index in [1.54, 1.807) is 0 Å². The van der Waals surface area contributed by atoms with Crippen molar-refractivity contribution in [2.24, 2.45) is 5.73 Å². The highest BCUT2D eigenvalue weighted by atomic mass is 16.5. The van der Waals surface area contributed by atoms with E-state index in [1.807, 2.05) is 44.3 Å². The van der Waals surface area contributed by atoms with Crippen LogP contribution in [0.2, 0.25) is 0 Å². The zero-order valence-corrected chi connectivity index (χ0v) is 15.6. The third-order valence-corrected chi connectivity index (χ3v) is 2.50. The predicted octanol–water partition coefficient (Wildman–Crippen LogP) is 0.595. The normalized spacial score (nSPS) is 9.46. The van der Waals surface area contributed by atoms with Gasteiger partial charge in [0.05, 0.1) is 19.8 Å². The number of hydrogen-bond donors (Lipinski definition) is 2. The Morgan fingerprint density at radius 3 is 2.35 bits per heavy atom. The number of carbonyl (C=O) groups excluding carboxylic acids is 2. The third kappa shape index (κ3) is 21.8. The molecule has 0 saturated carbocycles. The van der Waals surface area contributed by atoms with E-state index in [0.717, 1.165) is 18.6 Å². The summed E-state index contributed by atoms with van der Waals surface area (Å²) in [6.07, 6.45) is 2.82. The summed E-state index contributed by atoms with van der Waals surface area (Å²) < 4.78 is 15.7. The van der Waals surface area contributed by atoms with Gasteiger partial charge in [-0.15, -0.1) is 5.98 Å². The third-order valence-electron chi connectivity index (χ3n) is 2.50. The molecule has 0 atom stereocenters. The Labute approximate surface area is 157 Å². The van der Waals surface area contributed by atoms with Crippen LogP contribution in [0.4, 0.5) is 0 Å². The molecule has 0 aliphatic carbocycles. The lowest BCUT2D eigenvalue weighted by atomic mass is 10.1. The SMILES string of the molecule is Cc1cccc(OCCOCCOCC=O)c1.NC=O.[B]/C=C/CNC. The van der Waals surface area contributed by atoms with Crippen LogP contribution in [0.1, 0.15) is 5.56 Å². The quantitative estimate of drug-likeness (QED) is 0.339. The van der Waals surface area contributed by atoms with Gasteiger partial charge in [0.2, 0.25) is 6.41 Å². The second kappa shape index (κ2) is 22.8. The largest absolute Gasteiger partial charge is 0.491 e. The number of benzene rings is 1. The van der Waals surface area contributed by atoms with Crippen LogP contribution >= 0.6 is 0 Å². The fourth-order valence-corrected chi connectivity index (χ4v) is 1.46. The molecule has 3 N–H and O–H groups in total. The highest BCUT2D eigenvalue weighted by Crippen LogP contribution is 2.11. The van der Waals surface area contributed by atoms with Gasteiger partial charge in [-0.3, -0.25) is 4.79 Å². The van der Waals surface area contributed by atoms with E-state index in [0.29, 0.717) is 26.4 Å². The Morgan fingerprint density at radius 1 is 1.15 bits per heavy atom. The smallest absolute Gasteiger partial charge is 0.204 e. The molecule has 1 amide bonds. The number of carbonyl (C=O) groups is 2. The average molecular weight is 364 g/mol. The van der Waals surface area contributed by atoms with Crippen molar-refractivity contribution in [2.75, 3.05) is 46.6 Å². The molecule has 0 aliphatic rings. The molecule has 26 heavy (non-hydrogen) atoms. The minimum atomic E-state index is 0.128. The molecule has 0 aromatic heterocycles. The molecule has 1 aromatic carbocycles. The van der Waals surface area contributed by atoms with Gasteiger partial charge in [0.1, 0.15) is 33.1 Å². The molecular weight excluding hydrogens is 335 g/mol. The van der Waals surface area contributed by atoms with E-state index >= 15 is 0 Å². The number of nitrogens with one attached hydrogen (secondary N) is 1. The maximum Gasteiger partial charge on any atom is 0.204 e. The maximum atomic E-state index is 9.94. The van der Waals surface area contributed by atoms with Gasteiger partial charge in [0.25, 0.3) is 0 Å². The summed E-state index contributed by atoms with van der Waals surface area (Å²) in [6, 6.07) is 7.87. The number of amides is 1. The van der Waals surface area contributed by atoms with Crippen LogP contribution in [0.3, 0.4) is 0 Å². The van der Waals surface area contributed by atoms with Crippen molar-refractivity contribution in [3.8, 4) is 5.75 Å². The molecule has 144 valence electrons. The van der Waals surface area contributed by atoms with E-state index in [1.165, 1.54) is 11.5 Å². The van der Waals surface area contributed by atoms with Gasteiger partial charge in [-0.25, -0.2) is 0 Å². The van der Waals surface area contributed by atoms with Gasteiger partial charge in [0, 0.05) is 6.54 Å². The topological polar surface area (TPSA) is 99.9 Å². The van der Waals surface area contributed by atoms with E-state index < -0.39 is 0 Å². The van der Waals surface area contributed by atoms with Crippen LogP contribution in [0.15, 0.2) is 36.3 Å². The summed E-state index contributed by atoms with van der Waals surface area (Å²) in [6.45, 7) is 4.94. The first-order valence-corrected chi connectivity index (χ1v) is 8.11. The summed E-state index contributed by atoms with van der Waals surface area (Å²) in [4.78, 5) is 18.5. The first-order chi connectivity index (χ1) is 12.7. The van der Waals surface area contributed by atoms with Gasteiger partial charge < -0.3 is 30.1 Å². The maximum absolute atomic E-state index is 9.94. The first kappa shape index (κ1) is 26.1. The molecule has 7 nitrogen and oxygen atoms in total. The van der Waals surface area contributed by atoms with Crippen LogP contribution in [-0.4, -0.2) is 67.2 Å². The number of rotatable bonds is 11. The van der Waals surface area contributed by atoms with Gasteiger partial charge >= 0.3 is 0 Å². The van der Waals surface area contributed by atoms with Crippen LogP contribution in [0.5, 0.6) is 5.75 Å². The summed E-state index contributed by atoms with van der Waals surface area (Å²) >= 11 is 0. The number of aldehydes is 1. The Bertz CT molecular complexity index is 473. The Balaban J connectivity index is 0. The molecule has 8 heteroatoms. The molecule has 0 saturated heterocycles. The number of hydrogen-bond acceptors (Lipinski definition) is 6. The summed E-state index contributed by atoms with van der Waals surface area (Å²) in [7, 11) is 6.87. The minimum absolute atomic E-state index is 0.128. The highest BCUT2D eigenvalue weighted by molar-refractivity contribution is 6.16. The van der Waals surface area contributed by atoms with E-state index in [-0.39, 0.29) is 13.0 Å². The van der Waals surface area contributed by atoms with Gasteiger partial charge in [-0.05, 0) is 31.7 Å². The second-order valence-corrected chi connectivity index (χ2v) is 4.64. The average Bonchev–Trinajstić information content (AvgIpc) is 2.63. The fraction of sp³-hybridized carbons (Fsp3) is 0.444. The zero-order valence-electron chi connectivity index (χ0n) is 15.6. The first-order valence-electron chi connectivity index (χ1n) is 8.11. The fourth-order valence-electron chi connectivity index (χ4n) is 1.46. The van der Waals surface area contributed by atoms with Crippen molar-refractivity contribution in [2.45, 2.75) is 6.92 Å². The number of ether oxygens (including phenoxy) is 3. The number of likely N-dealkylation sites (N-methyl/N-ethyl adjacent to an activating group) is 1. The second-order valence-electron chi connectivity index (χ2n) is 4.64. The van der Waals surface area contributed by atoms with E-state index in [9.17, 15) is 4.79 Å². The van der Waals surface area contributed by atoms with Crippen molar-refractivity contribution in [1.82, 2.24) is 5.32 Å². The van der Waals surface area contributed by atoms with Crippen LogP contribution in [0.25, 0.3) is 0 Å². The van der Waals surface area contributed by atoms with Crippen molar-refractivity contribution >= 4 is 20.5 Å². The molecule has 0 aliphatic heterocycles. The Morgan fingerprint density at radius 2 is 1.81 bits per heavy atom. The summed E-state index contributed by atoms with van der Waals surface area (Å²) in [5.74, 6) is 2.38. The number of aryl methyl sites for hydroxylation is 1. The lowest BCUT2D eigenvalue weighted by Gasteiger charge is -2.07. The summed E-state index contributed by atoms with van der Waals surface area (Å²) in [5, 5.41) is 2.90. The van der Waals surface area contributed by atoms with E-state index in [2.05, 4.69) is 11.1 Å².